The number of rotatable bonds is 10. The predicted molar refractivity (Wildman–Crippen MR) is 133 cm³/mol. The largest absolute Gasteiger partial charge is 0.483 e. The number of hydrogen-bond donors (Lipinski definition) is 1. The molecule has 6 heteroatoms. The molecule has 1 fully saturated rings. The molecule has 2 amide bonds. The molecule has 0 aliphatic heterocycles. The van der Waals surface area contributed by atoms with E-state index < -0.39 is 6.04 Å². The van der Waals surface area contributed by atoms with E-state index in [2.05, 4.69) is 19.2 Å². The molecule has 0 saturated heterocycles. The van der Waals surface area contributed by atoms with Crippen LogP contribution in [0.2, 0.25) is 5.02 Å². The van der Waals surface area contributed by atoms with E-state index in [0.717, 1.165) is 36.8 Å². The molecule has 178 valence electrons. The van der Waals surface area contributed by atoms with Gasteiger partial charge in [-0.3, -0.25) is 9.59 Å². The van der Waals surface area contributed by atoms with Crippen LogP contribution in [0.1, 0.15) is 69.9 Å². The highest BCUT2D eigenvalue weighted by atomic mass is 35.5. The van der Waals surface area contributed by atoms with Gasteiger partial charge >= 0.3 is 0 Å². The van der Waals surface area contributed by atoms with Crippen molar-refractivity contribution in [3.05, 3.63) is 64.7 Å². The van der Waals surface area contributed by atoms with Crippen molar-refractivity contribution in [1.82, 2.24) is 10.2 Å². The van der Waals surface area contributed by atoms with Crippen molar-refractivity contribution in [2.45, 2.75) is 77.4 Å². The predicted octanol–water partition coefficient (Wildman–Crippen LogP) is 5.71. The molecular formula is C27H35ClN2O3. The molecule has 1 aliphatic carbocycles. The van der Waals surface area contributed by atoms with Gasteiger partial charge in [-0.25, -0.2) is 0 Å². The van der Waals surface area contributed by atoms with Gasteiger partial charge in [-0.1, -0.05) is 81.6 Å². The topological polar surface area (TPSA) is 58.6 Å². The fourth-order valence-corrected chi connectivity index (χ4v) is 4.60. The van der Waals surface area contributed by atoms with Crippen molar-refractivity contribution in [2.24, 2.45) is 0 Å². The number of para-hydroxylation sites is 1. The van der Waals surface area contributed by atoms with Crippen molar-refractivity contribution < 1.29 is 14.3 Å². The highest BCUT2D eigenvalue weighted by molar-refractivity contribution is 6.31. The molecule has 0 bridgehead atoms. The molecule has 2 aromatic rings. The molecule has 0 spiro atoms. The van der Waals surface area contributed by atoms with E-state index in [0.29, 0.717) is 17.2 Å². The lowest BCUT2D eigenvalue weighted by atomic mass is 10.0. The molecule has 0 heterocycles. The van der Waals surface area contributed by atoms with Crippen molar-refractivity contribution in [3.63, 3.8) is 0 Å². The third kappa shape index (κ3) is 6.73. The number of ether oxygens (including phenoxy) is 1. The maximum absolute atomic E-state index is 13.4. The first-order valence-electron chi connectivity index (χ1n) is 12.0. The van der Waals surface area contributed by atoms with Gasteiger partial charge in [0.1, 0.15) is 11.8 Å². The first-order valence-corrected chi connectivity index (χ1v) is 12.3. The second kappa shape index (κ2) is 12.1. The van der Waals surface area contributed by atoms with Crippen LogP contribution in [0.3, 0.4) is 0 Å². The molecule has 1 saturated carbocycles. The molecule has 0 radical (unpaired) electrons. The monoisotopic (exact) mass is 470 g/mol. The summed E-state index contributed by atoms with van der Waals surface area (Å²) in [5, 5.41) is 3.73. The van der Waals surface area contributed by atoms with E-state index in [1.54, 1.807) is 11.0 Å². The van der Waals surface area contributed by atoms with Crippen LogP contribution >= 0.6 is 11.6 Å². The molecule has 0 aromatic heterocycles. The van der Waals surface area contributed by atoms with E-state index in [9.17, 15) is 9.59 Å². The summed E-state index contributed by atoms with van der Waals surface area (Å²) < 4.78 is 5.96. The van der Waals surface area contributed by atoms with Crippen LogP contribution in [0, 0.1) is 0 Å². The summed E-state index contributed by atoms with van der Waals surface area (Å²) in [4.78, 5) is 28.2. The summed E-state index contributed by atoms with van der Waals surface area (Å²) in [5.74, 6) is 0.632. The first kappa shape index (κ1) is 25.1. The van der Waals surface area contributed by atoms with Crippen LogP contribution in [0.4, 0.5) is 0 Å². The Morgan fingerprint density at radius 3 is 2.42 bits per heavy atom. The molecule has 1 atom stereocenters. The molecule has 1 unspecified atom stereocenters. The van der Waals surface area contributed by atoms with Crippen LogP contribution in [-0.4, -0.2) is 35.4 Å². The molecule has 33 heavy (non-hydrogen) atoms. The number of nitrogens with zero attached hydrogens (tertiary/aromatic N) is 1. The standard InChI is InChI=1S/C27H35ClN2O3/c1-4-24(27(32)29-21-12-6-7-13-21)30(17-20-11-5-9-15-23(20)28)26(31)18-33-25-16-10-8-14-22(25)19(2)3/h5,8-11,14-16,19,21,24H,4,6-7,12-13,17-18H2,1-3H3,(H,29,32). The summed E-state index contributed by atoms with van der Waals surface area (Å²) in [5.41, 5.74) is 1.86. The van der Waals surface area contributed by atoms with Crippen LogP contribution in [0.5, 0.6) is 5.75 Å². The lowest BCUT2D eigenvalue weighted by Gasteiger charge is -2.31. The van der Waals surface area contributed by atoms with Gasteiger partial charge in [0.15, 0.2) is 6.61 Å². The Kier molecular flexibility index (Phi) is 9.19. The lowest BCUT2D eigenvalue weighted by molar-refractivity contribution is -0.143. The summed E-state index contributed by atoms with van der Waals surface area (Å²) >= 11 is 6.40. The smallest absolute Gasteiger partial charge is 0.261 e. The summed E-state index contributed by atoms with van der Waals surface area (Å²) in [6.07, 6.45) is 4.77. The van der Waals surface area contributed by atoms with Crippen molar-refractivity contribution in [3.8, 4) is 5.75 Å². The van der Waals surface area contributed by atoms with Gasteiger partial charge in [-0.2, -0.15) is 0 Å². The number of carbonyl (C=O) groups is 2. The third-order valence-corrected chi connectivity index (χ3v) is 6.65. The Hall–Kier alpha value is -2.53. The molecule has 1 N–H and O–H groups in total. The quantitative estimate of drug-likeness (QED) is 0.484. The van der Waals surface area contributed by atoms with Crippen LogP contribution in [-0.2, 0) is 16.1 Å². The molecule has 5 nitrogen and oxygen atoms in total. The van der Waals surface area contributed by atoms with Crippen LogP contribution in [0.15, 0.2) is 48.5 Å². The van der Waals surface area contributed by atoms with Gasteiger partial charge in [0.25, 0.3) is 5.91 Å². The minimum atomic E-state index is -0.585. The zero-order chi connectivity index (χ0) is 23.8. The molecule has 3 rings (SSSR count). The Bertz CT molecular complexity index is 940. The van der Waals surface area contributed by atoms with Crippen molar-refractivity contribution in [1.29, 1.82) is 0 Å². The van der Waals surface area contributed by atoms with E-state index >= 15 is 0 Å². The average molecular weight is 471 g/mol. The highest BCUT2D eigenvalue weighted by Gasteiger charge is 2.31. The maximum atomic E-state index is 13.4. The van der Waals surface area contributed by atoms with E-state index in [1.807, 2.05) is 49.4 Å². The van der Waals surface area contributed by atoms with Gasteiger partial charge in [-0.05, 0) is 48.4 Å². The number of amides is 2. The van der Waals surface area contributed by atoms with Crippen LogP contribution < -0.4 is 10.1 Å². The zero-order valence-corrected chi connectivity index (χ0v) is 20.6. The fraction of sp³-hybridized carbons (Fsp3) is 0.481. The van der Waals surface area contributed by atoms with E-state index in [4.69, 9.17) is 16.3 Å². The second-order valence-electron chi connectivity index (χ2n) is 9.01. The SMILES string of the molecule is CCC(C(=O)NC1CCCC1)N(Cc1ccccc1Cl)C(=O)COc1ccccc1C(C)C. The fourth-order valence-electron chi connectivity index (χ4n) is 4.41. The first-order chi connectivity index (χ1) is 15.9. The summed E-state index contributed by atoms with van der Waals surface area (Å²) in [6, 6.07) is 14.8. The average Bonchev–Trinajstić information content (AvgIpc) is 3.31. The van der Waals surface area contributed by atoms with E-state index in [1.165, 1.54) is 0 Å². The highest BCUT2D eigenvalue weighted by Crippen LogP contribution is 2.26. The van der Waals surface area contributed by atoms with Gasteiger partial charge in [0.2, 0.25) is 5.91 Å². The second-order valence-corrected chi connectivity index (χ2v) is 9.42. The Morgan fingerprint density at radius 1 is 1.09 bits per heavy atom. The number of halogens is 1. The number of carbonyl (C=O) groups excluding carboxylic acids is 2. The van der Waals surface area contributed by atoms with Gasteiger partial charge in [-0.15, -0.1) is 0 Å². The molecule has 1 aliphatic rings. The Labute approximate surface area is 202 Å². The number of hydrogen-bond acceptors (Lipinski definition) is 3. The van der Waals surface area contributed by atoms with Crippen molar-refractivity contribution in [2.75, 3.05) is 6.61 Å². The molecule has 2 aromatic carbocycles. The van der Waals surface area contributed by atoms with Gasteiger partial charge in [0, 0.05) is 17.6 Å². The van der Waals surface area contributed by atoms with E-state index in [-0.39, 0.29) is 36.9 Å². The summed E-state index contributed by atoms with van der Waals surface area (Å²) in [7, 11) is 0. The Morgan fingerprint density at radius 2 is 1.76 bits per heavy atom. The van der Waals surface area contributed by atoms with Crippen molar-refractivity contribution >= 4 is 23.4 Å². The van der Waals surface area contributed by atoms with Gasteiger partial charge < -0.3 is 15.0 Å². The maximum Gasteiger partial charge on any atom is 0.261 e. The number of benzene rings is 2. The number of nitrogens with one attached hydrogen (secondary N) is 1. The molecular weight excluding hydrogens is 436 g/mol. The van der Waals surface area contributed by atoms with Crippen LogP contribution in [0.25, 0.3) is 0 Å². The van der Waals surface area contributed by atoms with Gasteiger partial charge in [0.05, 0.1) is 0 Å². The zero-order valence-electron chi connectivity index (χ0n) is 19.9. The minimum absolute atomic E-state index is 0.104. The third-order valence-electron chi connectivity index (χ3n) is 6.28. The summed E-state index contributed by atoms with van der Waals surface area (Å²) in [6.45, 7) is 6.23. The Balaban J connectivity index is 1.80. The minimum Gasteiger partial charge on any atom is -0.483 e. The normalized spacial score (nSPS) is 14.8. The lowest BCUT2D eigenvalue weighted by Crippen LogP contribution is -2.52.